The normalized spacial score (nSPS) is 18.3. The first-order valence-electron chi connectivity index (χ1n) is 7.61. The van der Waals surface area contributed by atoms with E-state index < -0.39 is 0 Å². The summed E-state index contributed by atoms with van der Waals surface area (Å²) in [5.74, 6) is 1.46. The summed E-state index contributed by atoms with van der Waals surface area (Å²) in [6.45, 7) is 2.94. The summed E-state index contributed by atoms with van der Waals surface area (Å²) in [5.41, 5.74) is 7.87. The third-order valence-electron chi connectivity index (χ3n) is 3.96. The molecule has 0 aliphatic carbocycles. The van der Waals surface area contributed by atoms with Crippen molar-refractivity contribution in [2.24, 2.45) is 0 Å². The molecular formula is C18H22N2O2. The van der Waals surface area contributed by atoms with Crippen LogP contribution in [-0.2, 0) is 6.54 Å². The summed E-state index contributed by atoms with van der Waals surface area (Å²) in [6.07, 6.45) is 1.20. The van der Waals surface area contributed by atoms with Gasteiger partial charge in [-0.05, 0) is 24.1 Å². The Bertz CT molecular complexity index is 616. The molecule has 2 N–H and O–H groups in total. The minimum absolute atomic E-state index is 0.180. The van der Waals surface area contributed by atoms with E-state index in [1.54, 1.807) is 7.11 Å². The topological polar surface area (TPSA) is 47.7 Å². The second-order valence-electron chi connectivity index (χ2n) is 5.66. The molecule has 22 heavy (non-hydrogen) atoms. The molecule has 0 aromatic heterocycles. The second-order valence-corrected chi connectivity index (χ2v) is 5.66. The summed E-state index contributed by atoms with van der Waals surface area (Å²) in [5, 5.41) is 0. The number of anilines is 1. The average Bonchev–Trinajstić information content (AvgIpc) is 2.96. The maximum absolute atomic E-state index is 6.10. The van der Waals surface area contributed by atoms with Crippen molar-refractivity contribution in [2.75, 3.05) is 25.9 Å². The summed E-state index contributed by atoms with van der Waals surface area (Å²) < 4.78 is 11.4. The summed E-state index contributed by atoms with van der Waals surface area (Å²) >= 11 is 0. The van der Waals surface area contributed by atoms with Crippen molar-refractivity contribution in [1.29, 1.82) is 0 Å². The first kappa shape index (κ1) is 14.7. The number of ether oxygens (including phenoxy) is 2. The fraction of sp³-hybridized carbons (Fsp3) is 0.333. The fourth-order valence-corrected chi connectivity index (χ4v) is 2.84. The van der Waals surface area contributed by atoms with E-state index in [2.05, 4.69) is 29.2 Å². The van der Waals surface area contributed by atoms with Crippen molar-refractivity contribution < 1.29 is 9.47 Å². The highest BCUT2D eigenvalue weighted by atomic mass is 16.5. The molecule has 4 nitrogen and oxygen atoms in total. The smallest absolute Gasteiger partial charge is 0.163 e. The predicted octanol–water partition coefficient (Wildman–Crippen LogP) is 2.93. The molecule has 3 rings (SSSR count). The molecule has 1 fully saturated rings. The van der Waals surface area contributed by atoms with Crippen LogP contribution in [0.3, 0.4) is 0 Å². The zero-order valence-corrected chi connectivity index (χ0v) is 12.9. The molecule has 116 valence electrons. The molecule has 1 aliphatic heterocycles. The molecular weight excluding hydrogens is 276 g/mol. The molecule has 4 heteroatoms. The average molecular weight is 298 g/mol. The Morgan fingerprint density at radius 3 is 2.73 bits per heavy atom. The highest BCUT2D eigenvalue weighted by Crippen LogP contribution is 2.31. The molecule has 0 spiro atoms. The lowest BCUT2D eigenvalue weighted by molar-refractivity contribution is 0.191. The van der Waals surface area contributed by atoms with Gasteiger partial charge in [-0.2, -0.15) is 0 Å². The summed E-state index contributed by atoms with van der Waals surface area (Å²) in [6, 6.07) is 16.0. The second kappa shape index (κ2) is 6.71. The van der Waals surface area contributed by atoms with Gasteiger partial charge in [-0.3, -0.25) is 4.90 Å². The number of benzene rings is 2. The van der Waals surface area contributed by atoms with E-state index >= 15 is 0 Å². The maximum atomic E-state index is 6.10. The van der Waals surface area contributed by atoms with Crippen molar-refractivity contribution in [3.8, 4) is 11.5 Å². The molecule has 1 heterocycles. The van der Waals surface area contributed by atoms with Gasteiger partial charge in [0, 0.05) is 31.4 Å². The molecule has 1 aliphatic rings. The first-order chi connectivity index (χ1) is 10.7. The van der Waals surface area contributed by atoms with Gasteiger partial charge in [0.05, 0.1) is 7.11 Å². The molecule has 0 bridgehead atoms. The van der Waals surface area contributed by atoms with E-state index in [0.29, 0.717) is 5.69 Å². The van der Waals surface area contributed by atoms with Crippen LogP contribution in [0.1, 0.15) is 12.0 Å². The summed E-state index contributed by atoms with van der Waals surface area (Å²) in [4.78, 5) is 2.42. The Hall–Kier alpha value is -2.20. The summed E-state index contributed by atoms with van der Waals surface area (Å²) in [7, 11) is 1.65. The number of methoxy groups -OCH3 is 1. The van der Waals surface area contributed by atoms with E-state index in [-0.39, 0.29) is 6.10 Å². The van der Waals surface area contributed by atoms with Gasteiger partial charge in [0.2, 0.25) is 0 Å². The molecule has 1 atom stereocenters. The van der Waals surface area contributed by atoms with Crippen LogP contribution >= 0.6 is 0 Å². The quantitative estimate of drug-likeness (QED) is 0.862. The number of nitrogens with zero attached hydrogens (tertiary/aromatic N) is 1. The van der Waals surface area contributed by atoms with Gasteiger partial charge in [0.25, 0.3) is 0 Å². The van der Waals surface area contributed by atoms with E-state index in [1.165, 1.54) is 5.56 Å². The van der Waals surface area contributed by atoms with Gasteiger partial charge in [-0.15, -0.1) is 0 Å². The van der Waals surface area contributed by atoms with Crippen LogP contribution in [0.2, 0.25) is 0 Å². The number of rotatable bonds is 5. The molecule has 1 unspecified atom stereocenters. The molecule has 2 aromatic rings. The van der Waals surface area contributed by atoms with E-state index in [4.69, 9.17) is 15.2 Å². The predicted molar refractivity (Wildman–Crippen MR) is 88.2 cm³/mol. The molecule has 0 radical (unpaired) electrons. The minimum Gasteiger partial charge on any atom is -0.493 e. The van der Waals surface area contributed by atoms with Crippen LogP contribution in [0, 0.1) is 0 Å². The van der Waals surface area contributed by atoms with E-state index in [1.807, 2.05) is 24.3 Å². The molecule has 0 saturated carbocycles. The lowest BCUT2D eigenvalue weighted by atomic mass is 10.2. The van der Waals surface area contributed by atoms with Gasteiger partial charge in [-0.1, -0.05) is 30.3 Å². The van der Waals surface area contributed by atoms with Crippen molar-refractivity contribution >= 4 is 5.69 Å². The Morgan fingerprint density at radius 1 is 1.14 bits per heavy atom. The standard InChI is InChI=1S/C18H22N2O2/c1-21-17-8-7-15(19)11-18(17)22-16-9-10-20(13-16)12-14-5-3-2-4-6-14/h2-8,11,16H,9-10,12-13,19H2,1H3. The highest BCUT2D eigenvalue weighted by molar-refractivity contribution is 5.52. The number of hydrogen-bond donors (Lipinski definition) is 1. The Kier molecular flexibility index (Phi) is 4.49. The Labute approximate surface area is 131 Å². The molecule has 2 aromatic carbocycles. The fourth-order valence-electron chi connectivity index (χ4n) is 2.84. The molecule has 0 amide bonds. The Balaban J connectivity index is 1.60. The maximum Gasteiger partial charge on any atom is 0.163 e. The Morgan fingerprint density at radius 2 is 1.95 bits per heavy atom. The van der Waals surface area contributed by atoms with E-state index in [0.717, 1.165) is 37.6 Å². The number of nitrogen functional groups attached to an aromatic ring is 1. The monoisotopic (exact) mass is 298 g/mol. The van der Waals surface area contributed by atoms with Gasteiger partial charge < -0.3 is 15.2 Å². The van der Waals surface area contributed by atoms with Crippen LogP contribution in [-0.4, -0.2) is 31.2 Å². The van der Waals surface area contributed by atoms with Crippen LogP contribution < -0.4 is 15.2 Å². The van der Waals surface area contributed by atoms with Crippen molar-refractivity contribution in [3.05, 3.63) is 54.1 Å². The zero-order valence-electron chi connectivity index (χ0n) is 12.9. The third-order valence-corrected chi connectivity index (χ3v) is 3.96. The first-order valence-corrected chi connectivity index (χ1v) is 7.61. The highest BCUT2D eigenvalue weighted by Gasteiger charge is 2.24. The van der Waals surface area contributed by atoms with Crippen molar-refractivity contribution in [3.63, 3.8) is 0 Å². The van der Waals surface area contributed by atoms with E-state index in [9.17, 15) is 0 Å². The number of hydrogen-bond acceptors (Lipinski definition) is 4. The zero-order chi connectivity index (χ0) is 15.4. The van der Waals surface area contributed by atoms with Crippen molar-refractivity contribution in [2.45, 2.75) is 19.1 Å². The van der Waals surface area contributed by atoms with Crippen molar-refractivity contribution in [1.82, 2.24) is 4.90 Å². The number of likely N-dealkylation sites (tertiary alicyclic amines) is 1. The molecule has 1 saturated heterocycles. The van der Waals surface area contributed by atoms with Gasteiger partial charge in [0.15, 0.2) is 11.5 Å². The van der Waals surface area contributed by atoms with Crippen LogP contribution in [0.15, 0.2) is 48.5 Å². The SMILES string of the molecule is COc1ccc(N)cc1OC1CCN(Cc2ccccc2)C1. The van der Waals surface area contributed by atoms with Gasteiger partial charge >= 0.3 is 0 Å². The number of nitrogens with two attached hydrogens (primary N) is 1. The van der Waals surface area contributed by atoms with Gasteiger partial charge in [-0.25, -0.2) is 0 Å². The lowest BCUT2D eigenvalue weighted by Gasteiger charge is -2.18. The lowest BCUT2D eigenvalue weighted by Crippen LogP contribution is -2.24. The van der Waals surface area contributed by atoms with Gasteiger partial charge in [0.1, 0.15) is 6.10 Å². The van der Waals surface area contributed by atoms with Crippen LogP contribution in [0.5, 0.6) is 11.5 Å². The minimum atomic E-state index is 0.180. The largest absolute Gasteiger partial charge is 0.493 e. The van der Waals surface area contributed by atoms with Crippen LogP contribution in [0.25, 0.3) is 0 Å². The third kappa shape index (κ3) is 3.52. The van der Waals surface area contributed by atoms with Crippen LogP contribution in [0.4, 0.5) is 5.69 Å².